The van der Waals surface area contributed by atoms with Crippen LogP contribution >= 0.6 is 0 Å². The number of nitrogen functional groups attached to an aromatic ring is 1. The predicted molar refractivity (Wildman–Crippen MR) is 157 cm³/mol. The zero-order chi connectivity index (χ0) is 30.7. The lowest BCUT2D eigenvalue weighted by Crippen LogP contribution is -2.46. The van der Waals surface area contributed by atoms with Gasteiger partial charge in [0.05, 0.1) is 24.7 Å². The topological polar surface area (TPSA) is 174 Å². The molecular formula is C29H28FN9O4S. The molecule has 3 atom stereocenters. The van der Waals surface area contributed by atoms with Crippen molar-refractivity contribution < 1.29 is 22.3 Å². The highest BCUT2D eigenvalue weighted by molar-refractivity contribution is 7.91. The second-order valence-corrected chi connectivity index (χ2v) is 13.1. The van der Waals surface area contributed by atoms with Gasteiger partial charge in [-0.3, -0.25) is 9.78 Å². The van der Waals surface area contributed by atoms with E-state index in [2.05, 4.69) is 25.3 Å². The SMILES string of the molecule is COc1ccc(-c2ccc(-c3cnn4c(N)c(S(C)(=O)=O)c([C@H]5C[C@H]6CC[C@@H](C5)N6C(=O)c5nnc[nH]5)nc34)cn2)cc1F. The van der Waals surface area contributed by atoms with Crippen LogP contribution in [0, 0.1) is 5.82 Å². The van der Waals surface area contributed by atoms with Gasteiger partial charge in [0.25, 0.3) is 5.91 Å². The summed E-state index contributed by atoms with van der Waals surface area (Å²) in [6.07, 6.45) is 8.32. The number of H-pyrrole nitrogens is 1. The molecule has 2 aliphatic heterocycles. The van der Waals surface area contributed by atoms with Gasteiger partial charge in [-0.2, -0.15) is 9.61 Å². The first-order valence-corrected chi connectivity index (χ1v) is 15.9. The fourth-order valence-electron chi connectivity index (χ4n) is 6.59. The number of anilines is 1. The number of nitrogens with one attached hydrogen (secondary N) is 1. The molecule has 15 heteroatoms. The summed E-state index contributed by atoms with van der Waals surface area (Å²) in [4.78, 5) is 27.2. The van der Waals surface area contributed by atoms with E-state index in [0.717, 1.165) is 19.1 Å². The number of carbonyl (C=O) groups is 1. The van der Waals surface area contributed by atoms with Gasteiger partial charge in [-0.25, -0.2) is 17.8 Å². The third-order valence-electron chi connectivity index (χ3n) is 8.53. The number of amides is 1. The number of nitrogens with two attached hydrogens (primary N) is 1. The van der Waals surface area contributed by atoms with Gasteiger partial charge in [-0.05, 0) is 49.9 Å². The Hall–Kier alpha value is -4.92. The first-order chi connectivity index (χ1) is 21.1. The highest BCUT2D eigenvalue weighted by Crippen LogP contribution is 2.45. The number of benzene rings is 1. The van der Waals surface area contributed by atoms with Crippen LogP contribution in [0.5, 0.6) is 5.75 Å². The second-order valence-electron chi connectivity index (χ2n) is 11.2. The molecule has 7 rings (SSSR count). The Labute approximate surface area is 251 Å². The Kier molecular flexibility index (Phi) is 6.57. The van der Waals surface area contributed by atoms with Crippen LogP contribution in [0.25, 0.3) is 28.0 Å². The van der Waals surface area contributed by atoms with E-state index in [1.54, 1.807) is 30.6 Å². The number of aromatic nitrogens is 7. The molecule has 13 nitrogen and oxygen atoms in total. The van der Waals surface area contributed by atoms with Crippen molar-refractivity contribution in [2.24, 2.45) is 0 Å². The summed E-state index contributed by atoms with van der Waals surface area (Å²) >= 11 is 0. The monoisotopic (exact) mass is 617 g/mol. The van der Waals surface area contributed by atoms with Crippen LogP contribution in [-0.4, -0.2) is 79.4 Å². The third kappa shape index (κ3) is 4.54. The molecule has 0 unspecified atom stereocenters. The maximum Gasteiger partial charge on any atom is 0.292 e. The van der Waals surface area contributed by atoms with Crippen molar-refractivity contribution in [2.75, 3.05) is 19.1 Å². The lowest BCUT2D eigenvalue weighted by atomic mass is 9.87. The van der Waals surface area contributed by atoms with Crippen LogP contribution in [0.2, 0.25) is 0 Å². The van der Waals surface area contributed by atoms with Gasteiger partial charge in [0.15, 0.2) is 27.1 Å². The smallest absolute Gasteiger partial charge is 0.292 e. The van der Waals surface area contributed by atoms with Gasteiger partial charge in [0, 0.05) is 47.1 Å². The molecule has 0 aliphatic carbocycles. The Morgan fingerprint density at radius 3 is 2.48 bits per heavy atom. The van der Waals surface area contributed by atoms with E-state index >= 15 is 0 Å². The lowest BCUT2D eigenvalue weighted by Gasteiger charge is -2.38. The zero-order valence-corrected chi connectivity index (χ0v) is 24.6. The Balaban J connectivity index is 1.26. The summed E-state index contributed by atoms with van der Waals surface area (Å²) in [6.45, 7) is 0. The van der Waals surface area contributed by atoms with Crippen LogP contribution < -0.4 is 10.5 Å². The number of fused-ring (bicyclic) bond motifs is 3. The van der Waals surface area contributed by atoms with Crippen molar-refractivity contribution in [1.82, 2.24) is 39.7 Å². The van der Waals surface area contributed by atoms with Gasteiger partial charge < -0.3 is 20.4 Å². The summed E-state index contributed by atoms with van der Waals surface area (Å²) in [5.74, 6) is -0.660. The van der Waals surface area contributed by atoms with Crippen LogP contribution in [-0.2, 0) is 9.84 Å². The lowest BCUT2D eigenvalue weighted by molar-refractivity contribution is 0.0556. The highest BCUT2D eigenvalue weighted by atomic mass is 32.2. The van der Waals surface area contributed by atoms with Crippen LogP contribution in [0.15, 0.2) is 53.9 Å². The Morgan fingerprint density at radius 2 is 1.86 bits per heavy atom. The van der Waals surface area contributed by atoms with Gasteiger partial charge in [-0.15, -0.1) is 10.2 Å². The molecule has 2 saturated heterocycles. The molecular weight excluding hydrogens is 589 g/mol. The molecule has 0 radical (unpaired) electrons. The van der Waals surface area contributed by atoms with E-state index in [1.807, 2.05) is 11.0 Å². The highest BCUT2D eigenvalue weighted by Gasteiger charge is 2.46. The minimum Gasteiger partial charge on any atom is -0.494 e. The maximum atomic E-state index is 14.3. The number of methoxy groups -OCH3 is 1. The van der Waals surface area contributed by atoms with Crippen molar-refractivity contribution >= 4 is 27.2 Å². The Morgan fingerprint density at radius 1 is 1.11 bits per heavy atom. The predicted octanol–water partition coefficient (Wildman–Crippen LogP) is 3.26. The molecule has 1 aromatic carbocycles. The number of ether oxygens (including phenoxy) is 1. The summed E-state index contributed by atoms with van der Waals surface area (Å²) in [6, 6.07) is 7.98. The van der Waals surface area contributed by atoms with E-state index in [-0.39, 0.29) is 46.2 Å². The number of aromatic amines is 1. The van der Waals surface area contributed by atoms with Crippen molar-refractivity contribution in [3.05, 3.63) is 66.4 Å². The molecule has 2 fully saturated rings. The van der Waals surface area contributed by atoms with E-state index in [4.69, 9.17) is 15.5 Å². The molecule has 2 aliphatic rings. The number of carbonyl (C=O) groups excluding carboxylic acids is 1. The Bertz CT molecular complexity index is 2000. The summed E-state index contributed by atoms with van der Waals surface area (Å²) in [5.41, 5.74) is 9.70. The zero-order valence-electron chi connectivity index (χ0n) is 23.8. The number of halogens is 1. The largest absolute Gasteiger partial charge is 0.494 e. The van der Waals surface area contributed by atoms with Gasteiger partial charge >= 0.3 is 0 Å². The minimum absolute atomic E-state index is 0.0236. The van der Waals surface area contributed by atoms with Crippen LogP contribution in [0.1, 0.15) is 47.9 Å². The number of nitrogens with zero attached hydrogens (tertiary/aromatic N) is 7. The van der Waals surface area contributed by atoms with Crippen molar-refractivity contribution in [3.63, 3.8) is 0 Å². The molecule has 2 bridgehead atoms. The van der Waals surface area contributed by atoms with Crippen LogP contribution in [0.3, 0.4) is 0 Å². The molecule has 5 aromatic rings. The molecule has 226 valence electrons. The maximum absolute atomic E-state index is 14.3. The summed E-state index contributed by atoms with van der Waals surface area (Å²) in [5, 5.41) is 12.0. The fraction of sp³-hybridized carbons (Fsp3) is 0.310. The number of rotatable bonds is 6. The van der Waals surface area contributed by atoms with E-state index < -0.39 is 15.7 Å². The molecule has 44 heavy (non-hydrogen) atoms. The van der Waals surface area contributed by atoms with E-state index in [9.17, 15) is 17.6 Å². The average molecular weight is 618 g/mol. The normalized spacial score (nSPS) is 19.9. The average Bonchev–Trinajstić information content (AvgIpc) is 3.75. The van der Waals surface area contributed by atoms with Crippen LogP contribution in [0.4, 0.5) is 10.2 Å². The second kappa shape index (κ2) is 10.4. The quantitative estimate of drug-likeness (QED) is 0.288. The molecule has 3 N–H and O–H groups in total. The fourth-order valence-corrected chi connectivity index (χ4v) is 7.65. The number of piperidine rings is 1. The van der Waals surface area contributed by atoms with Gasteiger partial charge in [-0.1, -0.05) is 6.07 Å². The molecule has 1 amide bonds. The number of pyridine rings is 1. The van der Waals surface area contributed by atoms with Gasteiger partial charge in [0.1, 0.15) is 17.0 Å². The number of sulfone groups is 1. The standard InChI is InChI=1S/C29H28FN9O4S/c1-43-23-8-4-15(11-21(23)30)22-7-3-16(12-32-22)20-13-35-39-26(31)25(44(2,41)42)24(36-28(20)39)17-9-18-5-6-19(10-17)38(18)29(40)27-33-14-34-37-27/h3-4,7-8,11-14,17-19H,5-6,9-10,31H2,1-2H3,(H,33,34,37)/t17-,18+,19-. The first kappa shape index (κ1) is 27.9. The van der Waals surface area contributed by atoms with Crippen molar-refractivity contribution in [3.8, 4) is 28.1 Å². The first-order valence-electron chi connectivity index (χ1n) is 14.0. The molecule has 6 heterocycles. The molecule has 0 saturated carbocycles. The summed E-state index contributed by atoms with van der Waals surface area (Å²) in [7, 11) is -2.39. The number of hydrogen-bond acceptors (Lipinski definition) is 10. The van der Waals surface area contributed by atoms with Gasteiger partial charge in [0.2, 0.25) is 5.82 Å². The molecule has 0 spiro atoms. The number of hydrogen-bond donors (Lipinski definition) is 2. The van der Waals surface area contributed by atoms with Crippen molar-refractivity contribution in [2.45, 2.75) is 48.6 Å². The van der Waals surface area contributed by atoms with Crippen molar-refractivity contribution in [1.29, 1.82) is 0 Å². The van der Waals surface area contributed by atoms with E-state index in [0.29, 0.717) is 46.6 Å². The molecule has 4 aromatic heterocycles. The minimum atomic E-state index is -3.79. The summed E-state index contributed by atoms with van der Waals surface area (Å²) < 4.78 is 46.8. The van der Waals surface area contributed by atoms with E-state index in [1.165, 1.54) is 24.0 Å². The third-order valence-corrected chi connectivity index (χ3v) is 9.69.